The number of carbonyl (C=O) groups is 1. The molecule has 1 aliphatic rings. The predicted molar refractivity (Wildman–Crippen MR) is 55.3 cm³/mol. The van der Waals surface area contributed by atoms with Crippen molar-refractivity contribution in [2.24, 2.45) is 10.1 Å². The number of Topliss-reactive ketones (excluding diaryl/α,β-unsaturated/α-hetero) is 1. The lowest BCUT2D eigenvalue weighted by Gasteiger charge is -2.16. The highest BCUT2D eigenvalue weighted by atomic mass is 16.4. The van der Waals surface area contributed by atoms with E-state index < -0.39 is 0 Å². The first-order chi connectivity index (χ1) is 6.74. The molecule has 4 nitrogen and oxygen atoms in total. The zero-order valence-electron chi connectivity index (χ0n) is 8.44. The fourth-order valence-corrected chi connectivity index (χ4v) is 1.59. The topological polar surface area (TPSA) is 62.0 Å². The van der Waals surface area contributed by atoms with Crippen molar-refractivity contribution < 1.29 is 10.0 Å². The Bertz CT molecular complexity index is 253. The van der Waals surface area contributed by atoms with Crippen LogP contribution < -0.4 is 0 Å². The summed E-state index contributed by atoms with van der Waals surface area (Å²) in [6, 6.07) is 0.305. The van der Waals surface area contributed by atoms with Gasteiger partial charge in [-0.2, -0.15) is 0 Å². The number of carbonyl (C=O) groups excluding carboxylic acids is 1. The van der Waals surface area contributed by atoms with E-state index in [1.165, 1.54) is 32.4 Å². The van der Waals surface area contributed by atoms with Crippen LogP contribution in [-0.4, -0.2) is 29.0 Å². The summed E-state index contributed by atoms with van der Waals surface area (Å²) in [5, 5.41) is 11.4. The van der Waals surface area contributed by atoms with E-state index in [4.69, 9.17) is 5.21 Å². The molecule has 0 aromatic rings. The Kier molecular flexibility index (Phi) is 4.29. The minimum atomic E-state index is -0.257. The molecule has 1 saturated carbocycles. The molecule has 1 aliphatic carbocycles. The maximum Gasteiger partial charge on any atom is 0.183 e. The number of rotatable bonds is 3. The van der Waals surface area contributed by atoms with Gasteiger partial charge in [-0.3, -0.25) is 9.79 Å². The van der Waals surface area contributed by atoms with Crippen molar-refractivity contribution in [1.82, 2.24) is 0 Å². The van der Waals surface area contributed by atoms with E-state index in [2.05, 4.69) is 10.1 Å². The average Bonchev–Trinajstić information content (AvgIpc) is 2.20. The molecule has 0 aliphatic heterocycles. The molecule has 78 valence electrons. The van der Waals surface area contributed by atoms with E-state index >= 15 is 0 Å². The van der Waals surface area contributed by atoms with Crippen molar-refractivity contribution in [2.75, 3.05) is 0 Å². The van der Waals surface area contributed by atoms with Crippen LogP contribution in [0.5, 0.6) is 0 Å². The Balaban J connectivity index is 2.48. The average molecular weight is 196 g/mol. The second kappa shape index (κ2) is 5.52. The molecule has 14 heavy (non-hydrogen) atoms. The fourth-order valence-electron chi connectivity index (χ4n) is 1.59. The van der Waals surface area contributed by atoms with Gasteiger partial charge in [-0.25, -0.2) is 0 Å². The summed E-state index contributed by atoms with van der Waals surface area (Å²) >= 11 is 0. The molecule has 1 rings (SSSR count). The molecule has 0 heterocycles. The predicted octanol–water partition coefficient (Wildman–Crippen LogP) is 1.81. The van der Waals surface area contributed by atoms with E-state index in [1.807, 2.05) is 0 Å². The van der Waals surface area contributed by atoms with Crippen molar-refractivity contribution in [3.63, 3.8) is 0 Å². The van der Waals surface area contributed by atoms with E-state index in [9.17, 15) is 4.79 Å². The first kappa shape index (κ1) is 10.9. The molecule has 0 spiro atoms. The van der Waals surface area contributed by atoms with Gasteiger partial charge < -0.3 is 5.21 Å². The minimum Gasteiger partial charge on any atom is -0.410 e. The summed E-state index contributed by atoms with van der Waals surface area (Å²) in [5.41, 5.74) is 0.0376. The maximum absolute atomic E-state index is 10.9. The number of oxime groups is 1. The van der Waals surface area contributed by atoms with E-state index in [-0.39, 0.29) is 11.5 Å². The Hall–Kier alpha value is -1.19. The third-order valence-corrected chi connectivity index (χ3v) is 2.45. The molecule has 0 aromatic carbocycles. The number of nitrogens with zero attached hydrogens (tertiary/aromatic N) is 2. The van der Waals surface area contributed by atoms with Crippen molar-refractivity contribution >= 4 is 17.7 Å². The van der Waals surface area contributed by atoms with Crippen LogP contribution >= 0.6 is 0 Å². The summed E-state index contributed by atoms with van der Waals surface area (Å²) in [7, 11) is 0. The molecule has 0 atom stereocenters. The third kappa shape index (κ3) is 3.28. The fraction of sp³-hybridized carbons (Fsp3) is 0.700. The van der Waals surface area contributed by atoms with Gasteiger partial charge >= 0.3 is 0 Å². The zero-order valence-corrected chi connectivity index (χ0v) is 8.44. The highest BCUT2D eigenvalue weighted by Crippen LogP contribution is 2.19. The molecule has 0 bridgehead atoms. The third-order valence-electron chi connectivity index (χ3n) is 2.45. The number of hydrogen-bond acceptors (Lipinski definition) is 4. The zero-order chi connectivity index (χ0) is 10.4. The number of ketones is 1. The second-order valence-electron chi connectivity index (χ2n) is 3.61. The highest BCUT2D eigenvalue weighted by Gasteiger charge is 2.11. The summed E-state index contributed by atoms with van der Waals surface area (Å²) in [6.45, 7) is 1.36. The largest absolute Gasteiger partial charge is 0.410 e. The van der Waals surface area contributed by atoms with Crippen molar-refractivity contribution in [3.8, 4) is 0 Å². The normalized spacial score (nSPS) is 20.2. The molecule has 1 fully saturated rings. The molecule has 1 N–H and O–H groups in total. The van der Waals surface area contributed by atoms with Crippen LogP contribution in [0, 0.1) is 0 Å². The molecule has 0 unspecified atom stereocenters. The van der Waals surface area contributed by atoms with Gasteiger partial charge in [-0.15, -0.1) is 0 Å². The Morgan fingerprint density at radius 3 is 2.50 bits per heavy atom. The first-order valence-corrected chi connectivity index (χ1v) is 5.00. The van der Waals surface area contributed by atoms with Crippen molar-refractivity contribution in [2.45, 2.75) is 45.1 Å². The van der Waals surface area contributed by atoms with Gasteiger partial charge in [0.1, 0.15) is 0 Å². The molecular weight excluding hydrogens is 180 g/mol. The van der Waals surface area contributed by atoms with E-state index in [0.717, 1.165) is 12.8 Å². The summed E-state index contributed by atoms with van der Waals surface area (Å²) in [5.74, 6) is -0.257. The number of aliphatic imine (C=N–C) groups is 1. The lowest BCUT2D eigenvalue weighted by atomic mass is 9.96. The lowest BCUT2D eigenvalue weighted by Crippen LogP contribution is -2.15. The highest BCUT2D eigenvalue weighted by molar-refractivity contribution is 6.60. The summed E-state index contributed by atoms with van der Waals surface area (Å²) < 4.78 is 0. The van der Waals surface area contributed by atoms with E-state index in [0.29, 0.717) is 6.04 Å². The van der Waals surface area contributed by atoms with Gasteiger partial charge in [0.2, 0.25) is 0 Å². The van der Waals surface area contributed by atoms with Gasteiger partial charge in [0, 0.05) is 6.92 Å². The Morgan fingerprint density at radius 2 is 2.00 bits per heavy atom. The van der Waals surface area contributed by atoms with Crippen LogP contribution in [0.4, 0.5) is 0 Å². The van der Waals surface area contributed by atoms with Crippen LogP contribution in [0.15, 0.2) is 10.1 Å². The Morgan fingerprint density at radius 1 is 1.36 bits per heavy atom. The summed E-state index contributed by atoms with van der Waals surface area (Å²) in [4.78, 5) is 15.1. The van der Waals surface area contributed by atoms with Gasteiger partial charge in [0.15, 0.2) is 11.5 Å². The van der Waals surface area contributed by atoms with Gasteiger partial charge in [0.25, 0.3) is 0 Å². The van der Waals surface area contributed by atoms with Gasteiger partial charge in [-0.1, -0.05) is 24.4 Å². The summed E-state index contributed by atoms with van der Waals surface area (Å²) in [6.07, 6.45) is 7.22. The van der Waals surface area contributed by atoms with Gasteiger partial charge in [0.05, 0.1) is 12.3 Å². The molecule has 0 aromatic heterocycles. The lowest BCUT2D eigenvalue weighted by molar-refractivity contribution is -0.111. The molecule has 0 saturated heterocycles. The van der Waals surface area contributed by atoms with Crippen molar-refractivity contribution in [1.29, 1.82) is 0 Å². The Labute approximate surface area is 83.7 Å². The van der Waals surface area contributed by atoms with Crippen LogP contribution in [0.2, 0.25) is 0 Å². The van der Waals surface area contributed by atoms with Crippen LogP contribution in [0.25, 0.3) is 0 Å². The molecule has 4 heteroatoms. The number of hydrogen-bond donors (Lipinski definition) is 1. The molecule has 0 amide bonds. The maximum atomic E-state index is 10.9. The SMILES string of the molecule is CC(=O)/C(C=NC1CCCCC1)=N\O. The van der Waals surface area contributed by atoms with Crippen LogP contribution in [-0.2, 0) is 4.79 Å². The van der Waals surface area contributed by atoms with Gasteiger partial charge in [-0.05, 0) is 12.8 Å². The molecular formula is C10H16N2O2. The smallest absolute Gasteiger partial charge is 0.183 e. The van der Waals surface area contributed by atoms with E-state index in [1.54, 1.807) is 0 Å². The first-order valence-electron chi connectivity index (χ1n) is 5.00. The van der Waals surface area contributed by atoms with Crippen LogP contribution in [0.3, 0.4) is 0 Å². The minimum absolute atomic E-state index is 0.0376. The van der Waals surface area contributed by atoms with Crippen molar-refractivity contribution in [3.05, 3.63) is 0 Å². The monoisotopic (exact) mass is 196 g/mol. The standard InChI is InChI=1S/C10H16N2O2/c1-8(13)10(12-14)7-11-9-5-3-2-4-6-9/h7,9,14H,2-6H2,1H3/b11-7?,12-10-. The second-order valence-corrected chi connectivity index (χ2v) is 3.61. The quantitative estimate of drug-likeness (QED) is 0.425. The molecule has 0 radical (unpaired) electrons. The van der Waals surface area contributed by atoms with Crippen LogP contribution in [0.1, 0.15) is 39.0 Å².